The number of hydrogen-bond acceptors (Lipinski definition) is 7. The van der Waals surface area contributed by atoms with Gasteiger partial charge in [0.1, 0.15) is 17.1 Å². The van der Waals surface area contributed by atoms with Gasteiger partial charge >= 0.3 is 0 Å². The molecule has 4 aromatic rings. The summed E-state index contributed by atoms with van der Waals surface area (Å²) in [6.45, 7) is 1.42. The molecule has 2 amide bonds. The van der Waals surface area contributed by atoms with Crippen molar-refractivity contribution in [2.75, 3.05) is 23.5 Å². The summed E-state index contributed by atoms with van der Waals surface area (Å²) in [6.07, 6.45) is 3.16. The maximum atomic E-state index is 12.6. The highest BCUT2D eigenvalue weighted by atomic mass is 32.2. The molecule has 32 heavy (non-hydrogen) atoms. The summed E-state index contributed by atoms with van der Waals surface area (Å²) in [7, 11) is 1.51. The molecular formula is C22H20N6O3S. The van der Waals surface area contributed by atoms with Crippen LogP contribution in [0.25, 0.3) is 16.7 Å². The van der Waals surface area contributed by atoms with Gasteiger partial charge in [0.15, 0.2) is 5.65 Å². The van der Waals surface area contributed by atoms with Gasteiger partial charge in [0.25, 0.3) is 0 Å². The third-order valence-electron chi connectivity index (χ3n) is 4.46. The first-order chi connectivity index (χ1) is 15.5. The number of aromatic nitrogens is 4. The Morgan fingerprint density at radius 3 is 2.66 bits per heavy atom. The normalized spacial score (nSPS) is 10.7. The average Bonchev–Trinajstić information content (AvgIpc) is 3.23. The van der Waals surface area contributed by atoms with Gasteiger partial charge in [-0.2, -0.15) is 5.10 Å². The van der Waals surface area contributed by atoms with Gasteiger partial charge in [-0.15, -0.1) is 0 Å². The van der Waals surface area contributed by atoms with E-state index in [2.05, 4.69) is 25.7 Å². The fourth-order valence-corrected chi connectivity index (χ4v) is 3.86. The minimum absolute atomic E-state index is 0.121. The van der Waals surface area contributed by atoms with Crippen LogP contribution in [0.3, 0.4) is 0 Å². The van der Waals surface area contributed by atoms with Crippen molar-refractivity contribution in [2.45, 2.75) is 11.9 Å². The van der Waals surface area contributed by atoms with Crippen LogP contribution < -0.4 is 15.4 Å². The largest absolute Gasteiger partial charge is 0.495 e. The summed E-state index contributed by atoms with van der Waals surface area (Å²) < 4.78 is 7.04. The van der Waals surface area contributed by atoms with E-state index in [1.165, 1.54) is 32.1 Å². The van der Waals surface area contributed by atoms with E-state index in [0.717, 1.165) is 11.1 Å². The molecule has 0 saturated carbocycles. The lowest BCUT2D eigenvalue weighted by molar-refractivity contribution is -0.114. The molecule has 9 nitrogen and oxygen atoms in total. The summed E-state index contributed by atoms with van der Waals surface area (Å²) in [5.41, 5.74) is 2.58. The summed E-state index contributed by atoms with van der Waals surface area (Å²) >= 11 is 1.29. The third kappa shape index (κ3) is 4.70. The predicted molar refractivity (Wildman–Crippen MR) is 123 cm³/mol. The second-order valence-electron chi connectivity index (χ2n) is 6.74. The number of para-hydroxylation sites is 1. The van der Waals surface area contributed by atoms with Crippen molar-refractivity contribution in [1.29, 1.82) is 0 Å². The third-order valence-corrected chi connectivity index (χ3v) is 5.47. The maximum Gasteiger partial charge on any atom is 0.234 e. The van der Waals surface area contributed by atoms with Crippen molar-refractivity contribution in [3.63, 3.8) is 0 Å². The van der Waals surface area contributed by atoms with E-state index in [0.29, 0.717) is 27.8 Å². The smallest absolute Gasteiger partial charge is 0.234 e. The molecule has 162 valence electrons. The molecule has 4 rings (SSSR count). The quantitative estimate of drug-likeness (QED) is 0.329. The van der Waals surface area contributed by atoms with Crippen molar-refractivity contribution >= 4 is 46.0 Å². The molecule has 2 heterocycles. The van der Waals surface area contributed by atoms with Crippen LogP contribution in [0.2, 0.25) is 0 Å². The molecule has 2 N–H and O–H groups in total. The standard InChI is InChI=1S/C22H20N6O3S/c1-14(29)26-15-8-9-19(31-2)18(10-15)27-20(30)12-32-22-17-11-25-28(21(17)23-13-24-22)16-6-4-3-5-7-16/h3-11,13H,12H2,1-2H3,(H,26,29)(H,27,30). The van der Waals surface area contributed by atoms with Gasteiger partial charge in [-0.25, -0.2) is 14.6 Å². The first kappa shape index (κ1) is 21.3. The van der Waals surface area contributed by atoms with Crippen LogP contribution >= 0.6 is 11.8 Å². The molecule has 0 unspecified atom stereocenters. The van der Waals surface area contributed by atoms with Crippen LogP contribution in [0.1, 0.15) is 6.92 Å². The molecule has 0 radical (unpaired) electrons. The molecule has 2 aromatic heterocycles. The molecule has 0 bridgehead atoms. The summed E-state index contributed by atoms with van der Waals surface area (Å²) in [5, 5.41) is 11.4. The molecule has 0 aliphatic heterocycles. The molecule has 0 fully saturated rings. The minimum atomic E-state index is -0.240. The Hall–Kier alpha value is -3.92. The fraction of sp³-hybridized carbons (Fsp3) is 0.136. The van der Waals surface area contributed by atoms with Crippen LogP contribution in [0.4, 0.5) is 11.4 Å². The first-order valence-electron chi connectivity index (χ1n) is 9.67. The molecule has 0 spiro atoms. The van der Waals surface area contributed by atoms with E-state index in [-0.39, 0.29) is 17.6 Å². The highest BCUT2D eigenvalue weighted by Gasteiger charge is 2.14. The molecule has 10 heteroatoms. The van der Waals surface area contributed by atoms with E-state index >= 15 is 0 Å². The van der Waals surface area contributed by atoms with Crippen molar-refractivity contribution < 1.29 is 14.3 Å². The Balaban J connectivity index is 1.49. The van der Waals surface area contributed by atoms with Crippen molar-refractivity contribution in [2.24, 2.45) is 0 Å². The maximum absolute atomic E-state index is 12.6. The van der Waals surface area contributed by atoms with E-state index < -0.39 is 0 Å². The second kappa shape index (κ2) is 9.48. The Kier molecular flexibility index (Phi) is 6.31. The first-order valence-corrected chi connectivity index (χ1v) is 10.7. The summed E-state index contributed by atoms with van der Waals surface area (Å²) in [6, 6.07) is 14.7. The van der Waals surface area contributed by atoms with E-state index in [4.69, 9.17) is 4.74 Å². The SMILES string of the molecule is COc1ccc(NC(C)=O)cc1NC(=O)CSc1ncnc2c1cnn2-c1ccccc1. The summed E-state index contributed by atoms with van der Waals surface area (Å²) in [4.78, 5) is 32.6. The van der Waals surface area contributed by atoms with Gasteiger partial charge in [0.05, 0.1) is 35.8 Å². The van der Waals surface area contributed by atoms with E-state index in [1.807, 2.05) is 30.3 Å². The van der Waals surface area contributed by atoms with Gasteiger partial charge in [-0.1, -0.05) is 30.0 Å². The zero-order valence-corrected chi connectivity index (χ0v) is 18.2. The van der Waals surface area contributed by atoms with Crippen LogP contribution in [-0.4, -0.2) is 44.4 Å². The second-order valence-corrected chi connectivity index (χ2v) is 7.71. The fourth-order valence-electron chi connectivity index (χ4n) is 3.10. The highest BCUT2D eigenvalue weighted by Crippen LogP contribution is 2.29. The number of fused-ring (bicyclic) bond motifs is 1. The molecule has 0 atom stereocenters. The number of carbonyl (C=O) groups is 2. The highest BCUT2D eigenvalue weighted by molar-refractivity contribution is 8.00. The zero-order chi connectivity index (χ0) is 22.5. The van der Waals surface area contributed by atoms with Crippen LogP contribution in [0.5, 0.6) is 5.75 Å². The molecular weight excluding hydrogens is 428 g/mol. The number of benzene rings is 2. The number of ether oxygens (including phenoxy) is 1. The van der Waals surface area contributed by atoms with Gasteiger partial charge in [0, 0.05) is 12.6 Å². The molecule has 2 aromatic carbocycles. The number of methoxy groups -OCH3 is 1. The topological polar surface area (TPSA) is 111 Å². The van der Waals surface area contributed by atoms with Gasteiger partial charge in [0.2, 0.25) is 11.8 Å². The van der Waals surface area contributed by atoms with Gasteiger partial charge in [-0.05, 0) is 30.3 Å². The van der Waals surface area contributed by atoms with E-state index in [1.54, 1.807) is 29.1 Å². The number of anilines is 2. The van der Waals surface area contributed by atoms with E-state index in [9.17, 15) is 9.59 Å². The summed E-state index contributed by atoms with van der Waals surface area (Å²) in [5.74, 6) is 0.171. The lowest BCUT2D eigenvalue weighted by Crippen LogP contribution is -2.15. The number of nitrogens with one attached hydrogen (secondary N) is 2. The monoisotopic (exact) mass is 448 g/mol. The Morgan fingerprint density at radius 1 is 1.09 bits per heavy atom. The number of nitrogens with zero attached hydrogens (tertiary/aromatic N) is 4. The Morgan fingerprint density at radius 2 is 1.91 bits per heavy atom. The number of amides is 2. The van der Waals surface area contributed by atoms with Crippen molar-refractivity contribution in [1.82, 2.24) is 19.7 Å². The Labute approximate surface area is 188 Å². The molecule has 0 saturated heterocycles. The zero-order valence-electron chi connectivity index (χ0n) is 17.4. The van der Waals surface area contributed by atoms with Crippen LogP contribution in [0.15, 0.2) is 66.1 Å². The number of hydrogen-bond donors (Lipinski definition) is 2. The lowest BCUT2D eigenvalue weighted by Gasteiger charge is -2.12. The number of carbonyl (C=O) groups excluding carboxylic acids is 2. The van der Waals surface area contributed by atoms with Crippen LogP contribution in [0, 0.1) is 0 Å². The number of thioether (sulfide) groups is 1. The predicted octanol–water partition coefficient (Wildman–Crippen LogP) is 3.51. The Bertz CT molecular complexity index is 1280. The van der Waals surface area contributed by atoms with Crippen molar-refractivity contribution in [3.8, 4) is 11.4 Å². The molecule has 0 aliphatic rings. The molecule has 0 aliphatic carbocycles. The minimum Gasteiger partial charge on any atom is -0.495 e. The lowest BCUT2D eigenvalue weighted by atomic mass is 10.2. The van der Waals surface area contributed by atoms with Gasteiger partial charge < -0.3 is 15.4 Å². The van der Waals surface area contributed by atoms with Crippen LogP contribution in [-0.2, 0) is 9.59 Å². The average molecular weight is 449 g/mol. The van der Waals surface area contributed by atoms with Crippen molar-refractivity contribution in [3.05, 3.63) is 61.1 Å². The number of rotatable bonds is 7. The van der Waals surface area contributed by atoms with Gasteiger partial charge in [-0.3, -0.25) is 9.59 Å².